The summed E-state index contributed by atoms with van der Waals surface area (Å²) in [5.41, 5.74) is 0.267. The Kier molecular flexibility index (Phi) is 6.33. The Hall–Kier alpha value is -0.320. The first-order valence-electron chi connectivity index (χ1n) is 8.54. The quantitative estimate of drug-likeness (QED) is 0.838. The van der Waals surface area contributed by atoms with Crippen molar-refractivity contribution in [3.05, 3.63) is 0 Å². The van der Waals surface area contributed by atoms with Gasteiger partial charge in [0.25, 0.3) is 0 Å². The minimum absolute atomic E-state index is 0. The molecule has 1 saturated heterocycles. The molecule has 0 aromatic heterocycles. The molecular weight excluding hydrogens is 286 g/mol. The van der Waals surface area contributed by atoms with Crippen LogP contribution in [0.25, 0.3) is 0 Å². The molecule has 3 fully saturated rings. The molecule has 3 rings (SSSR count). The fraction of sp³-hybridized carbons (Fsp3) is 0.938. The van der Waals surface area contributed by atoms with Crippen LogP contribution in [0.3, 0.4) is 0 Å². The van der Waals surface area contributed by atoms with E-state index in [-0.39, 0.29) is 23.9 Å². The Balaban J connectivity index is 0.00000161. The fourth-order valence-corrected chi connectivity index (χ4v) is 4.35. The van der Waals surface area contributed by atoms with Gasteiger partial charge in [-0.05, 0) is 25.7 Å². The summed E-state index contributed by atoms with van der Waals surface area (Å²) in [6.07, 6.45) is 11.4. The molecule has 2 N–H and O–H groups in total. The molecule has 1 aliphatic heterocycles. The molecule has 0 atom stereocenters. The summed E-state index contributed by atoms with van der Waals surface area (Å²) in [5, 5.41) is 6.80. The average Bonchev–Trinajstić information content (AvgIpc) is 2.95. The van der Waals surface area contributed by atoms with Gasteiger partial charge in [0.1, 0.15) is 0 Å². The normalized spacial score (nSPS) is 26.5. The number of nitrogens with one attached hydrogen (secondary N) is 2. The number of carbonyl (C=O) groups excluding carboxylic acids is 1. The van der Waals surface area contributed by atoms with E-state index < -0.39 is 0 Å². The lowest BCUT2D eigenvalue weighted by atomic mass is 9.79. The Labute approximate surface area is 134 Å². The SMILES string of the molecule is Cl.O=C(CN1CCNCC12CCCCC2)NC1CCCC1. The third-order valence-corrected chi connectivity index (χ3v) is 5.52. The van der Waals surface area contributed by atoms with Crippen molar-refractivity contribution in [2.75, 3.05) is 26.2 Å². The van der Waals surface area contributed by atoms with Crippen LogP contribution in [0.1, 0.15) is 57.8 Å². The van der Waals surface area contributed by atoms with Gasteiger partial charge in [-0.15, -0.1) is 12.4 Å². The molecule has 3 aliphatic rings. The van der Waals surface area contributed by atoms with Gasteiger partial charge in [0, 0.05) is 31.2 Å². The van der Waals surface area contributed by atoms with Crippen molar-refractivity contribution in [1.82, 2.24) is 15.5 Å². The summed E-state index contributed by atoms with van der Waals surface area (Å²) >= 11 is 0. The predicted molar refractivity (Wildman–Crippen MR) is 87.9 cm³/mol. The first-order valence-corrected chi connectivity index (χ1v) is 8.54. The molecule has 1 spiro atoms. The first-order chi connectivity index (χ1) is 9.78. The lowest BCUT2D eigenvalue weighted by Crippen LogP contribution is -2.63. The van der Waals surface area contributed by atoms with Crippen molar-refractivity contribution in [1.29, 1.82) is 0 Å². The summed E-state index contributed by atoms with van der Waals surface area (Å²) in [6, 6.07) is 0.452. The Morgan fingerprint density at radius 2 is 1.86 bits per heavy atom. The zero-order valence-electron chi connectivity index (χ0n) is 13.0. The molecule has 2 aliphatic carbocycles. The van der Waals surface area contributed by atoms with E-state index in [9.17, 15) is 4.79 Å². The summed E-state index contributed by atoms with van der Waals surface area (Å²) < 4.78 is 0. The van der Waals surface area contributed by atoms with E-state index in [4.69, 9.17) is 0 Å². The number of piperazine rings is 1. The van der Waals surface area contributed by atoms with Crippen molar-refractivity contribution < 1.29 is 4.79 Å². The van der Waals surface area contributed by atoms with Crippen LogP contribution in [0, 0.1) is 0 Å². The van der Waals surface area contributed by atoms with Gasteiger partial charge in [-0.3, -0.25) is 9.69 Å². The lowest BCUT2D eigenvalue weighted by Gasteiger charge is -2.49. The first kappa shape index (κ1) is 17.0. The molecule has 0 aromatic rings. The number of hydrogen-bond donors (Lipinski definition) is 2. The van der Waals surface area contributed by atoms with Crippen molar-refractivity contribution in [2.45, 2.75) is 69.4 Å². The van der Waals surface area contributed by atoms with E-state index in [2.05, 4.69) is 15.5 Å². The van der Waals surface area contributed by atoms with Gasteiger partial charge in [-0.2, -0.15) is 0 Å². The second kappa shape index (κ2) is 7.80. The molecule has 4 nitrogen and oxygen atoms in total. The summed E-state index contributed by atoms with van der Waals surface area (Å²) in [4.78, 5) is 14.8. The maximum atomic E-state index is 12.3. The molecule has 1 heterocycles. The van der Waals surface area contributed by atoms with Gasteiger partial charge in [0.2, 0.25) is 5.91 Å². The van der Waals surface area contributed by atoms with Gasteiger partial charge in [-0.1, -0.05) is 32.1 Å². The monoisotopic (exact) mass is 315 g/mol. The summed E-state index contributed by atoms with van der Waals surface area (Å²) in [6.45, 7) is 3.73. The zero-order chi connectivity index (χ0) is 13.8. The highest BCUT2D eigenvalue weighted by atomic mass is 35.5. The molecule has 122 valence electrons. The molecule has 1 amide bonds. The highest BCUT2D eigenvalue weighted by molar-refractivity contribution is 5.85. The molecule has 0 radical (unpaired) electrons. The smallest absolute Gasteiger partial charge is 0.234 e. The van der Waals surface area contributed by atoms with Crippen molar-refractivity contribution in [3.63, 3.8) is 0 Å². The highest BCUT2D eigenvalue weighted by Gasteiger charge is 2.40. The number of nitrogens with zero attached hydrogens (tertiary/aromatic N) is 1. The van der Waals surface area contributed by atoms with Crippen molar-refractivity contribution in [2.24, 2.45) is 0 Å². The van der Waals surface area contributed by atoms with E-state index >= 15 is 0 Å². The van der Waals surface area contributed by atoms with Gasteiger partial charge in [-0.25, -0.2) is 0 Å². The van der Waals surface area contributed by atoms with E-state index in [0.717, 1.165) is 19.6 Å². The molecular formula is C16H30ClN3O. The minimum Gasteiger partial charge on any atom is -0.352 e. The number of halogens is 1. The van der Waals surface area contributed by atoms with Crippen LogP contribution in [-0.4, -0.2) is 48.6 Å². The van der Waals surface area contributed by atoms with Gasteiger partial charge in [0.15, 0.2) is 0 Å². The molecule has 2 saturated carbocycles. The van der Waals surface area contributed by atoms with E-state index in [0.29, 0.717) is 12.6 Å². The predicted octanol–water partition coefficient (Wildman–Crippen LogP) is 2.08. The lowest BCUT2D eigenvalue weighted by molar-refractivity contribution is -0.125. The van der Waals surface area contributed by atoms with Crippen LogP contribution in [0.15, 0.2) is 0 Å². The standard InChI is InChI=1S/C16H29N3O.ClH/c20-15(18-14-6-2-3-7-14)12-19-11-10-17-13-16(19)8-4-1-5-9-16;/h14,17H,1-13H2,(H,18,20);1H. The molecule has 21 heavy (non-hydrogen) atoms. The maximum Gasteiger partial charge on any atom is 0.234 e. The topological polar surface area (TPSA) is 44.4 Å². The molecule has 0 bridgehead atoms. The fourth-order valence-electron chi connectivity index (χ4n) is 4.35. The van der Waals surface area contributed by atoms with E-state index in [1.165, 1.54) is 57.8 Å². The Morgan fingerprint density at radius 1 is 1.14 bits per heavy atom. The average molecular weight is 316 g/mol. The highest BCUT2D eigenvalue weighted by Crippen LogP contribution is 2.34. The molecule has 0 aromatic carbocycles. The van der Waals surface area contributed by atoms with Crippen LogP contribution in [0.2, 0.25) is 0 Å². The molecule has 5 heteroatoms. The number of hydrogen-bond acceptors (Lipinski definition) is 3. The van der Waals surface area contributed by atoms with Crippen LogP contribution in [0.4, 0.5) is 0 Å². The summed E-state index contributed by atoms with van der Waals surface area (Å²) in [5.74, 6) is 0.253. The second-order valence-corrected chi connectivity index (χ2v) is 6.93. The zero-order valence-corrected chi connectivity index (χ0v) is 13.8. The van der Waals surface area contributed by atoms with Gasteiger partial charge in [0.05, 0.1) is 6.54 Å². The third-order valence-electron chi connectivity index (χ3n) is 5.52. The van der Waals surface area contributed by atoms with Crippen molar-refractivity contribution in [3.8, 4) is 0 Å². The number of rotatable bonds is 3. The maximum absolute atomic E-state index is 12.3. The number of amides is 1. The Bertz CT molecular complexity index is 330. The largest absolute Gasteiger partial charge is 0.352 e. The van der Waals surface area contributed by atoms with Crippen LogP contribution in [0.5, 0.6) is 0 Å². The minimum atomic E-state index is 0. The van der Waals surface area contributed by atoms with Gasteiger partial charge < -0.3 is 10.6 Å². The Morgan fingerprint density at radius 3 is 2.57 bits per heavy atom. The van der Waals surface area contributed by atoms with Gasteiger partial charge >= 0.3 is 0 Å². The van der Waals surface area contributed by atoms with Crippen LogP contribution < -0.4 is 10.6 Å². The third kappa shape index (κ3) is 4.11. The van der Waals surface area contributed by atoms with E-state index in [1.54, 1.807) is 0 Å². The van der Waals surface area contributed by atoms with Crippen molar-refractivity contribution >= 4 is 18.3 Å². The number of carbonyl (C=O) groups is 1. The molecule has 0 unspecified atom stereocenters. The summed E-state index contributed by atoms with van der Waals surface area (Å²) in [7, 11) is 0. The van der Waals surface area contributed by atoms with Crippen LogP contribution in [-0.2, 0) is 4.79 Å². The second-order valence-electron chi connectivity index (χ2n) is 6.93. The van der Waals surface area contributed by atoms with Crippen LogP contribution >= 0.6 is 12.4 Å². The van der Waals surface area contributed by atoms with E-state index in [1.807, 2.05) is 0 Å².